The maximum atomic E-state index is 15.2. The van der Waals surface area contributed by atoms with E-state index in [1.165, 1.54) is 49.7 Å². The van der Waals surface area contributed by atoms with Gasteiger partial charge in [-0.3, -0.25) is 0 Å². The van der Waals surface area contributed by atoms with Gasteiger partial charge >= 0.3 is 0 Å². The molecule has 0 saturated heterocycles. The first-order chi connectivity index (χ1) is 15.1. The maximum absolute atomic E-state index is 15.2. The summed E-state index contributed by atoms with van der Waals surface area (Å²) < 4.78 is 20.4. The lowest BCUT2D eigenvalue weighted by atomic mass is 9.77. The molecule has 0 amide bonds. The SMILES string of the molecule is COCCCC1CCC(c2ccc3c(F)c(CCc4ccc(Cl)cc4)ccc3c2)CC1. The number of ether oxygens (including phenoxy) is 1. The van der Waals surface area contributed by atoms with Crippen LogP contribution in [0, 0.1) is 11.7 Å². The van der Waals surface area contributed by atoms with E-state index in [9.17, 15) is 0 Å². The van der Waals surface area contributed by atoms with Crippen LogP contribution in [0.2, 0.25) is 5.02 Å². The second-order valence-electron chi connectivity index (χ2n) is 9.00. The monoisotopic (exact) mass is 438 g/mol. The van der Waals surface area contributed by atoms with E-state index < -0.39 is 0 Å². The average molecular weight is 439 g/mol. The molecular weight excluding hydrogens is 407 g/mol. The molecule has 164 valence electrons. The van der Waals surface area contributed by atoms with Gasteiger partial charge in [0.2, 0.25) is 0 Å². The van der Waals surface area contributed by atoms with Crippen molar-refractivity contribution in [1.29, 1.82) is 0 Å². The molecular formula is C28H32ClFO. The van der Waals surface area contributed by atoms with Crippen molar-refractivity contribution < 1.29 is 9.13 Å². The number of rotatable bonds is 8. The second-order valence-corrected chi connectivity index (χ2v) is 9.43. The second kappa shape index (κ2) is 10.6. The van der Waals surface area contributed by atoms with Gasteiger partial charge in [0.15, 0.2) is 0 Å². The van der Waals surface area contributed by atoms with Crippen molar-refractivity contribution in [2.75, 3.05) is 13.7 Å². The molecule has 0 spiro atoms. The molecule has 0 aromatic heterocycles. The number of benzene rings is 3. The molecule has 0 heterocycles. The highest BCUT2D eigenvalue weighted by molar-refractivity contribution is 6.30. The normalized spacial score (nSPS) is 19.1. The lowest BCUT2D eigenvalue weighted by molar-refractivity contribution is 0.180. The molecule has 0 aliphatic heterocycles. The summed E-state index contributed by atoms with van der Waals surface area (Å²) in [6.07, 6.45) is 9.03. The van der Waals surface area contributed by atoms with Crippen LogP contribution in [0.15, 0.2) is 54.6 Å². The van der Waals surface area contributed by atoms with E-state index >= 15 is 4.39 Å². The van der Waals surface area contributed by atoms with E-state index in [0.29, 0.717) is 12.3 Å². The van der Waals surface area contributed by atoms with Crippen LogP contribution in [0.5, 0.6) is 0 Å². The van der Waals surface area contributed by atoms with E-state index in [-0.39, 0.29) is 5.82 Å². The first-order valence-electron chi connectivity index (χ1n) is 11.6. The third-order valence-electron chi connectivity index (χ3n) is 6.93. The zero-order chi connectivity index (χ0) is 21.6. The number of hydrogen-bond donors (Lipinski definition) is 0. The molecule has 3 aromatic carbocycles. The Bertz CT molecular complexity index is 990. The van der Waals surface area contributed by atoms with E-state index in [2.05, 4.69) is 18.2 Å². The van der Waals surface area contributed by atoms with Crippen LogP contribution in [0.1, 0.15) is 61.1 Å². The van der Waals surface area contributed by atoms with Gasteiger partial charge in [-0.05, 0) is 97.4 Å². The summed E-state index contributed by atoms with van der Waals surface area (Å²) in [6.45, 7) is 0.873. The fourth-order valence-corrected chi connectivity index (χ4v) is 5.16. The molecule has 1 nitrogen and oxygen atoms in total. The summed E-state index contributed by atoms with van der Waals surface area (Å²) in [4.78, 5) is 0. The molecule has 0 radical (unpaired) electrons. The number of hydrogen-bond acceptors (Lipinski definition) is 1. The zero-order valence-electron chi connectivity index (χ0n) is 18.4. The van der Waals surface area contributed by atoms with Gasteiger partial charge in [-0.25, -0.2) is 4.39 Å². The molecule has 3 aromatic rings. The summed E-state index contributed by atoms with van der Waals surface area (Å²) in [7, 11) is 1.78. The number of methoxy groups -OCH3 is 1. The molecule has 31 heavy (non-hydrogen) atoms. The minimum atomic E-state index is -0.0696. The topological polar surface area (TPSA) is 9.23 Å². The Morgan fingerprint density at radius 1 is 0.935 bits per heavy atom. The minimum absolute atomic E-state index is 0.0696. The lowest BCUT2D eigenvalue weighted by Crippen LogP contribution is -2.14. The van der Waals surface area contributed by atoms with Crippen LogP contribution in [0.4, 0.5) is 4.39 Å². The Labute approximate surface area is 190 Å². The van der Waals surface area contributed by atoms with Crippen molar-refractivity contribution >= 4 is 22.4 Å². The van der Waals surface area contributed by atoms with Crippen LogP contribution >= 0.6 is 11.6 Å². The molecule has 0 unspecified atom stereocenters. The van der Waals surface area contributed by atoms with Gasteiger partial charge in [-0.15, -0.1) is 0 Å². The molecule has 1 fully saturated rings. The predicted molar refractivity (Wildman–Crippen MR) is 129 cm³/mol. The number of fused-ring (bicyclic) bond motifs is 1. The van der Waals surface area contributed by atoms with Crippen LogP contribution in [0.25, 0.3) is 10.8 Å². The molecule has 1 aliphatic rings. The fraction of sp³-hybridized carbons (Fsp3) is 0.429. The maximum Gasteiger partial charge on any atom is 0.134 e. The Morgan fingerprint density at radius 3 is 2.45 bits per heavy atom. The van der Waals surface area contributed by atoms with Gasteiger partial charge in [0.1, 0.15) is 5.82 Å². The summed E-state index contributed by atoms with van der Waals surface area (Å²) in [6, 6.07) is 18.2. The number of halogens is 2. The van der Waals surface area contributed by atoms with Crippen LogP contribution in [-0.4, -0.2) is 13.7 Å². The quantitative estimate of drug-likeness (QED) is 0.322. The first kappa shape index (κ1) is 22.3. The molecule has 0 bridgehead atoms. The van der Waals surface area contributed by atoms with Crippen molar-refractivity contribution in [2.24, 2.45) is 5.92 Å². The largest absolute Gasteiger partial charge is 0.385 e. The Hall–Kier alpha value is -1.90. The summed E-state index contributed by atoms with van der Waals surface area (Å²) in [5.41, 5.74) is 3.33. The fourth-order valence-electron chi connectivity index (χ4n) is 5.03. The van der Waals surface area contributed by atoms with Gasteiger partial charge in [-0.2, -0.15) is 0 Å². The van der Waals surface area contributed by atoms with Crippen LogP contribution < -0.4 is 0 Å². The van der Waals surface area contributed by atoms with Crippen molar-refractivity contribution in [3.8, 4) is 0 Å². The Morgan fingerprint density at radius 2 is 1.71 bits per heavy atom. The van der Waals surface area contributed by atoms with Gasteiger partial charge < -0.3 is 4.74 Å². The number of aryl methyl sites for hydroxylation is 2. The Kier molecular flexibility index (Phi) is 7.63. The van der Waals surface area contributed by atoms with E-state index in [1.54, 1.807) is 7.11 Å². The van der Waals surface area contributed by atoms with Crippen molar-refractivity contribution in [3.05, 3.63) is 82.1 Å². The van der Waals surface area contributed by atoms with E-state index in [0.717, 1.165) is 40.3 Å². The summed E-state index contributed by atoms with van der Waals surface area (Å²) in [5, 5.41) is 2.49. The third kappa shape index (κ3) is 5.67. The standard InChI is InChI=1S/C28H32ClFO/c1-31-18-2-3-20-4-9-22(10-5-20)24-14-17-27-25(19-24)13-12-23(28(27)30)11-6-21-7-15-26(29)16-8-21/h7-8,12-17,19-20,22H,2-6,9-11,18H2,1H3. The molecule has 1 aliphatic carbocycles. The van der Waals surface area contributed by atoms with Crippen LogP contribution in [-0.2, 0) is 17.6 Å². The van der Waals surface area contributed by atoms with E-state index in [1.807, 2.05) is 36.4 Å². The van der Waals surface area contributed by atoms with Crippen molar-refractivity contribution in [3.63, 3.8) is 0 Å². The van der Waals surface area contributed by atoms with Crippen molar-refractivity contribution in [1.82, 2.24) is 0 Å². The van der Waals surface area contributed by atoms with Crippen molar-refractivity contribution in [2.45, 2.75) is 57.3 Å². The van der Waals surface area contributed by atoms with Gasteiger partial charge in [-0.1, -0.05) is 54.1 Å². The lowest BCUT2D eigenvalue weighted by Gasteiger charge is -2.29. The molecule has 3 heteroatoms. The smallest absolute Gasteiger partial charge is 0.134 e. The highest BCUT2D eigenvalue weighted by Crippen LogP contribution is 2.38. The predicted octanol–water partition coefficient (Wildman–Crippen LogP) is 8.12. The minimum Gasteiger partial charge on any atom is -0.385 e. The first-order valence-corrected chi connectivity index (χ1v) is 12.0. The van der Waals surface area contributed by atoms with Crippen LogP contribution in [0.3, 0.4) is 0 Å². The summed E-state index contributed by atoms with van der Waals surface area (Å²) >= 11 is 5.96. The molecule has 0 N–H and O–H groups in total. The highest BCUT2D eigenvalue weighted by Gasteiger charge is 2.22. The molecule has 1 saturated carbocycles. The summed E-state index contributed by atoms with van der Waals surface area (Å²) in [5.74, 6) is 1.38. The van der Waals surface area contributed by atoms with E-state index in [4.69, 9.17) is 16.3 Å². The Balaban J connectivity index is 1.41. The zero-order valence-corrected chi connectivity index (χ0v) is 19.1. The van der Waals surface area contributed by atoms with Gasteiger partial charge in [0, 0.05) is 24.1 Å². The van der Waals surface area contributed by atoms with Gasteiger partial charge in [0.05, 0.1) is 0 Å². The van der Waals surface area contributed by atoms with Gasteiger partial charge in [0.25, 0.3) is 0 Å². The molecule has 4 rings (SSSR count). The third-order valence-corrected chi connectivity index (χ3v) is 7.19. The molecule has 0 atom stereocenters. The average Bonchev–Trinajstić information content (AvgIpc) is 2.80. The highest BCUT2D eigenvalue weighted by atomic mass is 35.5.